The van der Waals surface area contributed by atoms with Crippen LogP contribution in [0.2, 0.25) is 0 Å². The van der Waals surface area contributed by atoms with Gasteiger partial charge in [-0.05, 0) is 25.5 Å². The number of furan rings is 1. The summed E-state index contributed by atoms with van der Waals surface area (Å²) in [6.07, 6.45) is 2.22. The Morgan fingerprint density at radius 2 is 1.91 bits per heavy atom. The third-order valence-corrected chi connectivity index (χ3v) is 1.29. The van der Waals surface area contributed by atoms with Gasteiger partial charge in [0.1, 0.15) is 11.5 Å². The molecule has 0 radical (unpaired) electrons. The molecule has 0 saturated carbocycles. The normalized spacial score (nSPS) is 8.73. The predicted molar refractivity (Wildman–Crippen MR) is 48.8 cm³/mol. The van der Waals surface area contributed by atoms with Crippen LogP contribution in [-0.4, -0.2) is 0 Å². The first kappa shape index (κ1) is 10.3. The molecule has 1 heterocycles. The van der Waals surface area contributed by atoms with E-state index in [9.17, 15) is 0 Å². The highest BCUT2D eigenvalue weighted by molar-refractivity contribution is 5.05. The molecule has 1 aromatic heterocycles. The third kappa shape index (κ3) is 3.87. The van der Waals surface area contributed by atoms with Crippen LogP contribution < -0.4 is 0 Å². The lowest BCUT2D eigenvalue weighted by atomic mass is 10.3. The van der Waals surface area contributed by atoms with E-state index in [0.29, 0.717) is 0 Å². The van der Waals surface area contributed by atoms with Crippen molar-refractivity contribution in [3.8, 4) is 0 Å². The molecule has 0 unspecified atom stereocenters. The van der Waals surface area contributed by atoms with E-state index in [2.05, 4.69) is 6.92 Å². The molecule has 0 bridgehead atoms. The van der Waals surface area contributed by atoms with E-state index in [0.717, 1.165) is 24.4 Å². The van der Waals surface area contributed by atoms with Gasteiger partial charge in [0.05, 0.1) is 0 Å². The molecule has 64 valence electrons. The molecule has 1 nitrogen and oxygen atoms in total. The fraction of sp³-hybridized carbons (Fsp3) is 0.600. The van der Waals surface area contributed by atoms with Gasteiger partial charge in [-0.3, -0.25) is 0 Å². The summed E-state index contributed by atoms with van der Waals surface area (Å²) in [7, 11) is 0. The molecule has 1 aromatic rings. The molecule has 0 amide bonds. The van der Waals surface area contributed by atoms with E-state index < -0.39 is 0 Å². The summed E-state index contributed by atoms with van der Waals surface area (Å²) >= 11 is 0. The highest BCUT2D eigenvalue weighted by Gasteiger charge is 1.93. The van der Waals surface area contributed by atoms with Crippen molar-refractivity contribution in [1.29, 1.82) is 0 Å². The maximum atomic E-state index is 5.32. The first-order valence-corrected chi connectivity index (χ1v) is 4.38. The number of hydrogen-bond acceptors (Lipinski definition) is 1. The molecule has 1 rings (SSSR count). The van der Waals surface area contributed by atoms with Crippen molar-refractivity contribution in [3.63, 3.8) is 0 Å². The molecule has 0 aliphatic rings. The minimum Gasteiger partial charge on any atom is -0.466 e. The van der Waals surface area contributed by atoms with Gasteiger partial charge < -0.3 is 4.42 Å². The standard InChI is InChI=1S/C8H12O.C2H6/c1-3-4-8-6-5-7(2)9-8;1-2/h5-6H,3-4H2,1-2H3;1-2H3. The van der Waals surface area contributed by atoms with Crippen molar-refractivity contribution in [2.24, 2.45) is 0 Å². The van der Waals surface area contributed by atoms with E-state index in [-0.39, 0.29) is 0 Å². The highest BCUT2D eigenvalue weighted by Crippen LogP contribution is 2.07. The molecule has 0 atom stereocenters. The number of aryl methyl sites for hydroxylation is 2. The Balaban J connectivity index is 0.000000461. The summed E-state index contributed by atoms with van der Waals surface area (Å²) in [5, 5.41) is 0. The Kier molecular flexibility index (Phi) is 5.63. The summed E-state index contributed by atoms with van der Waals surface area (Å²) in [4.78, 5) is 0. The van der Waals surface area contributed by atoms with Gasteiger partial charge in [0.25, 0.3) is 0 Å². The second-order valence-electron chi connectivity index (χ2n) is 2.26. The average Bonchev–Trinajstić information content (AvgIpc) is 2.41. The van der Waals surface area contributed by atoms with Crippen LogP contribution in [0.1, 0.15) is 38.7 Å². The van der Waals surface area contributed by atoms with Crippen molar-refractivity contribution in [1.82, 2.24) is 0 Å². The van der Waals surface area contributed by atoms with E-state index in [1.54, 1.807) is 0 Å². The van der Waals surface area contributed by atoms with Gasteiger partial charge in [-0.1, -0.05) is 20.8 Å². The zero-order valence-corrected chi connectivity index (χ0v) is 7.98. The Morgan fingerprint density at radius 1 is 1.27 bits per heavy atom. The van der Waals surface area contributed by atoms with Crippen molar-refractivity contribution in [2.45, 2.75) is 40.5 Å². The maximum absolute atomic E-state index is 5.32. The lowest BCUT2D eigenvalue weighted by Crippen LogP contribution is -1.74. The SMILES string of the molecule is CC.CCCc1ccc(C)o1. The van der Waals surface area contributed by atoms with Gasteiger partial charge >= 0.3 is 0 Å². The van der Waals surface area contributed by atoms with Gasteiger partial charge in [0, 0.05) is 6.42 Å². The molecule has 11 heavy (non-hydrogen) atoms. The monoisotopic (exact) mass is 154 g/mol. The molecular formula is C10H18O. The summed E-state index contributed by atoms with van der Waals surface area (Å²) < 4.78 is 5.32. The van der Waals surface area contributed by atoms with Gasteiger partial charge in [-0.15, -0.1) is 0 Å². The molecule has 0 spiro atoms. The largest absolute Gasteiger partial charge is 0.466 e. The predicted octanol–water partition coefficient (Wildman–Crippen LogP) is 3.57. The van der Waals surface area contributed by atoms with Crippen molar-refractivity contribution in [2.75, 3.05) is 0 Å². The third-order valence-electron chi connectivity index (χ3n) is 1.29. The fourth-order valence-electron chi connectivity index (χ4n) is 0.866. The lowest BCUT2D eigenvalue weighted by Gasteiger charge is -1.87. The Morgan fingerprint density at radius 3 is 2.27 bits per heavy atom. The quantitative estimate of drug-likeness (QED) is 0.634. The van der Waals surface area contributed by atoms with Gasteiger partial charge in [-0.25, -0.2) is 0 Å². The fourth-order valence-corrected chi connectivity index (χ4v) is 0.866. The van der Waals surface area contributed by atoms with Crippen LogP contribution in [0.15, 0.2) is 16.5 Å². The van der Waals surface area contributed by atoms with Crippen molar-refractivity contribution < 1.29 is 4.42 Å². The molecule has 0 saturated heterocycles. The first-order chi connectivity index (χ1) is 5.33. The second-order valence-corrected chi connectivity index (χ2v) is 2.26. The number of hydrogen-bond donors (Lipinski definition) is 0. The zero-order valence-electron chi connectivity index (χ0n) is 7.98. The topological polar surface area (TPSA) is 13.1 Å². The minimum atomic E-state index is 1.01. The Hall–Kier alpha value is -0.720. The molecule has 0 aromatic carbocycles. The van der Waals surface area contributed by atoms with Crippen molar-refractivity contribution >= 4 is 0 Å². The van der Waals surface area contributed by atoms with Crippen LogP contribution in [0, 0.1) is 6.92 Å². The van der Waals surface area contributed by atoms with E-state index in [1.807, 2.05) is 32.9 Å². The molecule has 0 fully saturated rings. The molecule has 0 aliphatic carbocycles. The molecule has 1 heteroatoms. The summed E-state index contributed by atoms with van der Waals surface area (Å²) in [6.45, 7) is 8.12. The lowest BCUT2D eigenvalue weighted by molar-refractivity contribution is 0.480. The van der Waals surface area contributed by atoms with Crippen LogP contribution in [0.3, 0.4) is 0 Å². The first-order valence-electron chi connectivity index (χ1n) is 4.38. The van der Waals surface area contributed by atoms with Gasteiger partial charge in [-0.2, -0.15) is 0 Å². The van der Waals surface area contributed by atoms with E-state index in [4.69, 9.17) is 4.42 Å². The summed E-state index contributed by atoms with van der Waals surface area (Å²) in [5.41, 5.74) is 0. The average molecular weight is 154 g/mol. The Bertz CT molecular complexity index is 177. The summed E-state index contributed by atoms with van der Waals surface area (Å²) in [5.74, 6) is 2.12. The van der Waals surface area contributed by atoms with Crippen LogP contribution in [0.5, 0.6) is 0 Å². The van der Waals surface area contributed by atoms with Gasteiger partial charge in [0.2, 0.25) is 0 Å². The van der Waals surface area contributed by atoms with Crippen LogP contribution in [-0.2, 0) is 6.42 Å². The van der Waals surface area contributed by atoms with Crippen LogP contribution in [0.25, 0.3) is 0 Å². The smallest absolute Gasteiger partial charge is 0.104 e. The minimum absolute atomic E-state index is 1.01. The summed E-state index contributed by atoms with van der Waals surface area (Å²) in [6, 6.07) is 4.05. The van der Waals surface area contributed by atoms with Crippen LogP contribution in [0.4, 0.5) is 0 Å². The van der Waals surface area contributed by atoms with Crippen LogP contribution >= 0.6 is 0 Å². The maximum Gasteiger partial charge on any atom is 0.104 e. The second kappa shape index (κ2) is 6.02. The van der Waals surface area contributed by atoms with E-state index in [1.165, 1.54) is 0 Å². The van der Waals surface area contributed by atoms with Gasteiger partial charge in [0.15, 0.2) is 0 Å². The van der Waals surface area contributed by atoms with Crippen molar-refractivity contribution in [3.05, 3.63) is 23.7 Å². The molecular weight excluding hydrogens is 136 g/mol. The molecule has 0 N–H and O–H groups in total. The molecule has 0 aliphatic heterocycles. The Labute approximate surface area is 69.4 Å². The highest BCUT2D eigenvalue weighted by atomic mass is 16.3. The van der Waals surface area contributed by atoms with E-state index >= 15 is 0 Å². The number of rotatable bonds is 2. The zero-order chi connectivity index (χ0) is 8.69.